The van der Waals surface area contributed by atoms with Crippen molar-refractivity contribution in [2.45, 2.75) is 25.9 Å². The molecule has 168 valence electrons. The van der Waals surface area contributed by atoms with E-state index in [1.807, 2.05) is 24.3 Å². The van der Waals surface area contributed by atoms with Gasteiger partial charge in [-0.15, -0.1) is 0 Å². The third kappa shape index (κ3) is 4.14. The molecule has 1 fully saturated rings. The van der Waals surface area contributed by atoms with Crippen LogP contribution in [0.15, 0.2) is 48.9 Å². The van der Waals surface area contributed by atoms with E-state index in [0.29, 0.717) is 34.4 Å². The molecule has 0 aliphatic carbocycles. The van der Waals surface area contributed by atoms with Crippen molar-refractivity contribution in [3.63, 3.8) is 0 Å². The van der Waals surface area contributed by atoms with Gasteiger partial charge in [0.05, 0.1) is 29.2 Å². The van der Waals surface area contributed by atoms with Gasteiger partial charge < -0.3 is 20.3 Å². The fraction of sp³-hybridized carbons (Fsp3) is 0.292. The van der Waals surface area contributed by atoms with Crippen molar-refractivity contribution in [2.75, 3.05) is 30.4 Å². The zero-order valence-corrected chi connectivity index (χ0v) is 18.7. The third-order valence-corrected chi connectivity index (χ3v) is 5.76. The topological polar surface area (TPSA) is 105 Å². The number of rotatable bonds is 4. The summed E-state index contributed by atoms with van der Waals surface area (Å²) in [5, 5.41) is 7.32. The van der Waals surface area contributed by atoms with Crippen molar-refractivity contribution in [2.24, 2.45) is 0 Å². The van der Waals surface area contributed by atoms with Crippen molar-refractivity contribution in [3.05, 3.63) is 54.5 Å². The number of fused-ring (bicyclic) bond motifs is 2. The summed E-state index contributed by atoms with van der Waals surface area (Å²) < 4.78 is 5.25. The molecule has 2 N–H and O–H groups in total. The molecule has 0 saturated carbocycles. The predicted molar refractivity (Wildman–Crippen MR) is 128 cm³/mol. The maximum absolute atomic E-state index is 13.3. The summed E-state index contributed by atoms with van der Waals surface area (Å²) in [5.41, 5.74) is 4.12. The molecule has 5 rings (SSSR count). The Balaban J connectivity index is 1.53. The first-order valence-corrected chi connectivity index (χ1v) is 10.9. The molecule has 4 aromatic rings. The molecule has 1 amide bonds. The van der Waals surface area contributed by atoms with Crippen molar-refractivity contribution in [3.8, 4) is 6.01 Å². The van der Waals surface area contributed by atoms with Gasteiger partial charge in [0.1, 0.15) is 0 Å². The molecule has 1 aliphatic rings. The van der Waals surface area contributed by atoms with Gasteiger partial charge in [-0.3, -0.25) is 14.8 Å². The average Bonchev–Trinajstić information content (AvgIpc) is 2.82. The molecule has 9 heteroatoms. The van der Waals surface area contributed by atoms with E-state index in [2.05, 4.69) is 49.3 Å². The minimum atomic E-state index is -0.266. The van der Waals surface area contributed by atoms with Crippen LogP contribution in [0.25, 0.3) is 21.9 Å². The fourth-order valence-corrected chi connectivity index (χ4v) is 4.41. The molecular weight excluding hydrogens is 418 g/mol. The molecule has 0 unspecified atom stereocenters. The molecule has 1 saturated heterocycles. The molecule has 0 spiro atoms. The van der Waals surface area contributed by atoms with Crippen molar-refractivity contribution in [1.82, 2.24) is 25.3 Å². The largest absolute Gasteiger partial charge is 0.467 e. The number of methoxy groups -OCH3 is 1. The summed E-state index contributed by atoms with van der Waals surface area (Å²) in [6, 6.07) is 10.2. The second-order valence-electron chi connectivity index (χ2n) is 8.34. The number of carbonyl (C=O) groups is 1. The van der Waals surface area contributed by atoms with Crippen LogP contribution in [0.3, 0.4) is 0 Å². The van der Waals surface area contributed by atoms with Gasteiger partial charge in [-0.1, -0.05) is 0 Å². The molecule has 33 heavy (non-hydrogen) atoms. The summed E-state index contributed by atoms with van der Waals surface area (Å²) in [5.74, 6) is -0.266. The quantitative estimate of drug-likeness (QED) is 0.496. The maximum Gasteiger partial charge on any atom is 0.316 e. The first kappa shape index (κ1) is 21.0. The SMILES string of the molecule is COc1ncc2c(N3C[C@H](C)N[C@@H](C)C3)ccc(C(=O)Nc3ccc4nccnc4c3)c2n1. The smallest absolute Gasteiger partial charge is 0.316 e. The van der Waals surface area contributed by atoms with E-state index in [1.54, 1.807) is 24.7 Å². The normalized spacial score (nSPS) is 18.5. The van der Waals surface area contributed by atoms with Crippen LogP contribution >= 0.6 is 0 Å². The Labute approximate surface area is 191 Å². The minimum Gasteiger partial charge on any atom is -0.467 e. The number of benzene rings is 2. The van der Waals surface area contributed by atoms with E-state index < -0.39 is 0 Å². The summed E-state index contributed by atoms with van der Waals surface area (Å²) in [6.45, 7) is 6.05. The van der Waals surface area contributed by atoms with Gasteiger partial charge in [-0.25, -0.2) is 4.98 Å². The monoisotopic (exact) mass is 443 g/mol. The molecular formula is C24H25N7O2. The van der Waals surface area contributed by atoms with E-state index in [1.165, 1.54) is 7.11 Å². The van der Waals surface area contributed by atoms with Crippen LogP contribution in [0, 0.1) is 0 Å². The molecule has 2 aromatic carbocycles. The van der Waals surface area contributed by atoms with Crippen molar-refractivity contribution >= 4 is 39.2 Å². The van der Waals surface area contributed by atoms with Crippen LogP contribution in [-0.4, -0.2) is 58.1 Å². The average molecular weight is 444 g/mol. The second-order valence-corrected chi connectivity index (χ2v) is 8.34. The van der Waals surface area contributed by atoms with Gasteiger partial charge in [-0.05, 0) is 44.2 Å². The van der Waals surface area contributed by atoms with Crippen molar-refractivity contribution < 1.29 is 9.53 Å². The first-order valence-electron chi connectivity index (χ1n) is 10.9. The van der Waals surface area contributed by atoms with E-state index in [-0.39, 0.29) is 11.9 Å². The number of nitrogens with one attached hydrogen (secondary N) is 2. The molecule has 3 heterocycles. The van der Waals surface area contributed by atoms with E-state index in [0.717, 1.165) is 29.7 Å². The van der Waals surface area contributed by atoms with Crippen LogP contribution < -0.4 is 20.3 Å². The van der Waals surface area contributed by atoms with Gasteiger partial charge in [0.15, 0.2) is 0 Å². The standard InChI is InChI=1S/C24H25N7O2/c1-14-12-31(13-15(2)28-14)21-7-5-17(22-18(21)11-27-24(30-22)33-3)23(32)29-16-4-6-19-20(10-16)26-9-8-25-19/h4-11,14-15,28H,12-13H2,1-3H3,(H,29,32)/t14-,15-/m0/s1. The number of amides is 1. The van der Waals surface area contributed by atoms with Crippen LogP contribution in [0.1, 0.15) is 24.2 Å². The highest BCUT2D eigenvalue weighted by Crippen LogP contribution is 2.31. The van der Waals surface area contributed by atoms with Gasteiger partial charge in [-0.2, -0.15) is 4.98 Å². The number of hydrogen-bond acceptors (Lipinski definition) is 8. The van der Waals surface area contributed by atoms with Crippen LogP contribution in [0.5, 0.6) is 6.01 Å². The maximum atomic E-state index is 13.3. The molecule has 2 aromatic heterocycles. The third-order valence-electron chi connectivity index (χ3n) is 5.76. The number of aromatic nitrogens is 4. The highest BCUT2D eigenvalue weighted by Gasteiger charge is 2.24. The number of hydrogen-bond donors (Lipinski definition) is 2. The Kier molecular flexibility index (Phi) is 5.47. The van der Waals surface area contributed by atoms with Crippen molar-refractivity contribution in [1.29, 1.82) is 0 Å². The lowest BCUT2D eigenvalue weighted by molar-refractivity contribution is 0.102. The fourth-order valence-electron chi connectivity index (χ4n) is 4.41. The Morgan fingerprint density at radius 2 is 1.82 bits per heavy atom. The predicted octanol–water partition coefficient (Wildman–Crippen LogP) is 3.02. The highest BCUT2D eigenvalue weighted by molar-refractivity contribution is 6.14. The van der Waals surface area contributed by atoms with Gasteiger partial charge in [0.2, 0.25) is 0 Å². The zero-order valence-electron chi connectivity index (χ0n) is 18.7. The molecule has 0 bridgehead atoms. The Bertz CT molecular complexity index is 1330. The lowest BCUT2D eigenvalue weighted by Gasteiger charge is -2.38. The summed E-state index contributed by atoms with van der Waals surface area (Å²) in [7, 11) is 1.51. The molecule has 1 aliphatic heterocycles. The molecule has 9 nitrogen and oxygen atoms in total. The van der Waals surface area contributed by atoms with Crippen LogP contribution in [0.4, 0.5) is 11.4 Å². The lowest BCUT2D eigenvalue weighted by atomic mass is 10.0. The van der Waals surface area contributed by atoms with Crippen LogP contribution in [-0.2, 0) is 0 Å². The Morgan fingerprint density at radius 1 is 1.06 bits per heavy atom. The minimum absolute atomic E-state index is 0.219. The van der Waals surface area contributed by atoms with Gasteiger partial charge >= 0.3 is 6.01 Å². The van der Waals surface area contributed by atoms with Gasteiger partial charge in [0.25, 0.3) is 5.91 Å². The molecule has 0 radical (unpaired) electrons. The first-order chi connectivity index (χ1) is 16.0. The Morgan fingerprint density at radius 3 is 2.58 bits per heavy atom. The van der Waals surface area contributed by atoms with E-state index in [4.69, 9.17) is 4.74 Å². The number of ether oxygens (including phenoxy) is 1. The zero-order chi connectivity index (χ0) is 22.9. The van der Waals surface area contributed by atoms with E-state index >= 15 is 0 Å². The summed E-state index contributed by atoms with van der Waals surface area (Å²) in [4.78, 5) is 33.0. The van der Waals surface area contributed by atoms with Crippen LogP contribution in [0.2, 0.25) is 0 Å². The number of carbonyl (C=O) groups excluding carboxylic acids is 1. The summed E-state index contributed by atoms with van der Waals surface area (Å²) >= 11 is 0. The summed E-state index contributed by atoms with van der Waals surface area (Å²) in [6.07, 6.45) is 5.00. The number of piperazine rings is 1. The lowest BCUT2D eigenvalue weighted by Crippen LogP contribution is -2.54. The number of nitrogens with zero attached hydrogens (tertiary/aromatic N) is 5. The van der Waals surface area contributed by atoms with E-state index in [9.17, 15) is 4.79 Å². The second kappa shape index (κ2) is 8.59. The number of anilines is 2. The highest BCUT2D eigenvalue weighted by atomic mass is 16.5. The molecule has 2 atom stereocenters. The van der Waals surface area contributed by atoms with Gasteiger partial charge in [0, 0.05) is 60.5 Å². The Hall–Kier alpha value is -3.85.